The largest absolute Gasteiger partial charge is 0.416 e. The number of benzene rings is 2. The van der Waals surface area contributed by atoms with Crippen molar-refractivity contribution in [3.8, 4) is 0 Å². The number of carbonyl (C=O) groups is 1. The number of amides is 1. The first-order valence-electron chi connectivity index (χ1n) is 12.4. The third-order valence-corrected chi connectivity index (χ3v) is 6.91. The third-order valence-electron chi connectivity index (χ3n) is 6.91. The van der Waals surface area contributed by atoms with E-state index >= 15 is 0 Å². The Morgan fingerprint density at radius 3 is 2.51 bits per heavy atom. The maximum atomic E-state index is 13.3. The summed E-state index contributed by atoms with van der Waals surface area (Å²) in [5.74, 6) is 0.470. The van der Waals surface area contributed by atoms with Gasteiger partial charge in [-0.1, -0.05) is 24.3 Å². The van der Waals surface area contributed by atoms with E-state index in [4.69, 9.17) is 4.98 Å². The van der Waals surface area contributed by atoms with Gasteiger partial charge in [0.2, 0.25) is 11.9 Å². The SMILES string of the molecule is CCn1c(NCc2ccc(C(F)(F)F)cc2)nc2c(c1=O)CN(Cc1ccc3c(c1)CCC(=O)N3)CC2. The van der Waals surface area contributed by atoms with E-state index in [0.717, 1.165) is 47.6 Å². The van der Waals surface area contributed by atoms with Crippen molar-refractivity contribution in [2.24, 2.45) is 0 Å². The Balaban J connectivity index is 1.29. The molecule has 0 bridgehead atoms. The molecule has 0 saturated carbocycles. The minimum Gasteiger partial charge on any atom is -0.351 e. The van der Waals surface area contributed by atoms with Gasteiger partial charge in [-0.3, -0.25) is 19.1 Å². The molecule has 37 heavy (non-hydrogen) atoms. The molecule has 0 radical (unpaired) electrons. The summed E-state index contributed by atoms with van der Waals surface area (Å²) in [4.78, 5) is 31.9. The van der Waals surface area contributed by atoms with Gasteiger partial charge in [-0.25, -0.2) is 4.98 Å². The van der Waals surface area contributed by atoms with Gasteiger partial charge in [-0.15, -0.1) is 0 Å². The number of nitrogens with one attached hydrogen (secondary N) is 2. The third kappa shape index (κ3) is 5.39. The van der Waals surface area contributed by atoms with E-state index < -0.39 is 11.7 Å². The van der Waals surface area contributed by atoms with Crippen molar-refractivity contribution < 1.29 is 18.0 Å². The lowest BCUT2D eigenvalue weighted by molar-refractivity contribution is -0.137. The second-order valence-electron chi connectivity index (χ2n) is 9.46. The predicted octanol–water partition coefficient (Wildman–Crippen LogP) is 4.34. The van der Waals surface area contributed by atoms with Gasteiger partial charge in [-0.2, -0.15) is 13.2 Å². The molecule has 0 unspecified atom stereocenters. The minimum atomic E-state index is -4.37. The fraction of sp³-hybridized carbons (Fsp3) is 0.370. The number of rotatable bonds is 6. The molecule has 2 aliphatic rings. The summed E-state index contributed by atoms with van der Waals surface area (Å²) in [6.07, 6.45) is -2.53. The number of anilines is 2. The number of hydrogen-bond donors (Lipinski definition) is 2. The van der Waals surface area contributed by atoms with E-state index in [2.05, 4.69) is 21.6 Å². The number of halogens is 3. The van der Waals surface area contributed by atoms with Crippen LogP contribution in [-0.2, 0) is 50.0 Å². The van der Waals surface area contributed by atoms with E-state index in [1.54, 1.807) is 4.57 Å². The monoisotopic (exact) mass is 511 g/mol. The summed E-state index contributed by atoms with van der Waals surface area (Å²) in [5, 5.41) is 6.04. The van der Waals surface area contributed by atoms with Gasteiger partial charge in [0, 0.05) is 51.3 Å². The van der Waals surface area contributed by atoms with E-state index in [-0.39, 0.29) is 18.0 Å². The number of alkyl halides is 3. The fourth-order valence-electron chi connectivity index (χ4n) is 4.92. The first-order chi connectivity index (χ1) is 17.7. The molecular weight excluding hydrogens is 483 g/mol. The molecule has 2 N–H and O–H groups in total. The van der Waals surface area contributed by atoms with E-state index in [1.807, 2.05) is 19.1 Å². The van der Waals surface area contributed by atoms with Crippen molar-refractivity contribution in [2.75, 3.05) is 17.2 Å². The van der Waals surface area contributed by atoms with Crippen LogP contribution in [0.2, 0.25) is 0 Å². The highest BCUT2D eigenvalue weighted by atomic mass is 19.4. The van der Waals surface area contributed by atoms with Gasteiger partial charge in [-0.05, 0) is 48.2 Å². The zero-order valence-electron chi connectivity index (χ0n) is 20.5. The molecule has 10 heteroatoms. The van der Waals surface area contributed by atoms with Crippen LogP contribution in [0.1, 0.15) is 46.9 Å². The first kappa shape index (κ1) is 25.0. The molecule has 0 spiro atoms. The number of aromatic nitrogens is 2. The zero-order chi connectivity index (χ0) is 26.2. The fourth-order valence-corrected chi connectivity index (χ4v) is 4.92. The average Bonchev–Trinajstić information content (AvgIpc) is 2.88. The first-order valence-corrected chi connectivity index (χ1v) is 12.4. The van der Waals surface area contributed by atoms with Crippen molar-refractivity contribution in [3.63, 3.8) is 0 Å². The molecule has 1 amide bonds. The van der Waals surface area contributed by atoms with Gasteiger partial charge in [0.05, 0.1) is 16.8 Å². The Kier molecular flexibility index (Phi) is 6.76. The second-order valence-corrected chi connectivity index (χ2v) is 9.46. The second kappa shape index (κ2) is 10.0. The predicted molar refractivity (Wildman–Crippen MR) is 134 cm³/mol. The number of carbonyl (C=O) groups excluding carboxylic acids is 1. The van der Waals surface area contributed by atoms with Gasteiger partial charge in [0.1, 0.15) is 0 Å². The number of hydrogen-bond acceptors (Lipinski definition) is 5. The Labute approximate surface area is 212 Å². The van der Waals surface area contributed by atoms with Crippen LogP contribution in [0.25, 0.3) is 0 Å². The van der Waals surface area contributed by atoms with Crippen molar-refractivity contribution in [2.45, 2.75) is 58.5 Å². The highest BCUT2D eigenvalue weighted by molar-refractivity contribution is 5.93. The Hall–Kier alpha value is -3.66. The Morgan fingerprint density at radius 1 is 1.03 bits per heavy atom. The lowest BCUT2D eigenvalue weighted by Gasteiger charge is -2.29. The molecule has 3 aromatic rings. The van der Waals surface area contributed by atoms with E-state index in [9.17, 15) is 22.8 Å². The maximum absolute atomic E-state index is 13.3. The number of nitrogens with zero attached hydrogens (tertiary/aromatic N) is 3. The van der Waals surface area contributed by atoms with E-state index in [0.29, 0.717) is 49.6 Å². The summed E-state index contributed by atoms with van der Waals surface area (Å²) in [6.45, 7) is 4.49. The van der Waals surface area contributed by atoms with Crippen LogP contribution in [0, 0.1) is 0 Å². The lowest BCUT2D eigenvalue weighted by Crippen LogP contribution is -2.38. The average molecular weight is 512 g/mol. The lowest BCUT2D eigenvalue weighted by atomic mass is 9.99. The summed E-state index contributed by atoms with van der Waals surface area (Å²) in [6, 6.07) is 11.0. The van der Waals surface area contributed by atoms with Gasteiger partial charge in [0.15, 0.2) is 0 Å². The highest BCUT2D eigenvalue weighted by Gasteiger charge is 2.30. The van der Waals surface area contributed by atoms with Crippen molar-refractivity contribution in [3.05, 3.63) is 86.3 Å². The summed E-state index contributed by atoms with van der Waals surface area (Å²) < 4.78 is 40.0. The molecule has 5 rings (SSSR count). The normalized spacial score (nSPS) is 15.6. The maximum Gasteiger partial charge on any atom is 0.416 e. The molecule has 2 aliphatic heterocycles. The van der Waals surface area contributed by atoms with Crippen molar-refractivity contribution in [1.82, 2.24) is 14.5 Å². The Morgan fingerprint density at radius 2 is 1.78 bits per heavy atom. The summed E-state index contributed by atoms with van der Waals surface area (Å²) >= 11 is 0. The Bertz CT molecular complexity index is 1380. The van der Waals surface area contributed by atoms with Gasteiger partial charge >= 0.3 is 6.18 Å². The van der Waals surface area contributed by atoms with Crippen LogP contribution in [-0.4, -0.2) is 26.9 Å². The topological polar surface area (TPSA) is 79.3 Å². The molecule has 2 aromatic carbocycles. The highest BCUT2D eigenvalue weighted by Crippen LogP contribution is 2.29. The van der Waals surface area contributed by atoms with Crippen LogP contribution in [0.5, 0.6) is 0 Å². The van der Waals surface area contributed by atoms with Gasteiger partial charge in [0.25, 0.3) is 5.56 Å². The van der Waals surface area contributed by atoms with Crippen LogP contribution >= 0.6 is 0 Å². The molecule has 194 valence electrons. The molecule has 1 aromatic heterocycles. The van der Waals surface area contributed by atoms with Crippen LogP contribution in [0.3, 0.4) is 0 Å². The van der Waals surface area contributed by atoms with Crippen molar-refractivity contribution >= 4 is 17.5 Å². The van der Waals surface area contributed by atoms with Crippen LogP contribution in [0.15, 0.2) is 47.3 Å². The minimum absolute atomic E-state index is 0.0424. The molecule has 0 atom stereocenters. The van der Waals surface area contributed by atoms with Gasteiger partial charge < -0.3 is 10.6 Å². The molecule has 7 nitrogen and oxygen atoms in total. The number of aryl methyl sites for hydroxylation is 1. The molecule has 3 heterocycles. The smallest absolute Gasteiger partial charge is 0.351 e. The zero-order valence-corrected chi connectivity index (χ0v) is 20.5. The summed E-state index contributed by atoms with van der Waals surface area (Å²) in [5.41, 5.74) is 4.45. The number of fused-ring (bicyclic) bond motifs is 2. The standard InChI is InChI=1S/C27H28F3N5O2/c1-2-35-25(37)21-16-34(15-18-5-9-22-19(13-18)6-10-24(36)32-22)12-11-23(21)33-26(35)31-14-17-3-7-20(8-4-17)27(28,29)30/h3-5,7-9,13H,2,6,10-12,14-16H2,1H3,(H,31,33)(H,32,36). The quantitative estimate of drug-likeness (QED) is 0.515. The van der Waals surface area contributed by atoms with Crippen LogP contribution in [0.4, 0.5) is 24.8 Å². The molecular formula is C27H28F3N5O2. The van der Waals surface area contributed by atoms with Crippen LogP contribution < -0.4 is 16.2 Å². The molecule has 0 aliphatic carbocycles. The molecule has 0 fully saturated rings. The van der Waals surface area contributed by atoms with Crippen molar-refractivity contribution in [1.29, 1.82) is 0 Å². The van der Waals surface area contributed by atoms with E-state index in [1.165, 1.54) is 12.1 Å². The summed E-state index contributed by atoms with van der Waals surface area (Å²) in [7, 11) is 0. The molecule has 0 saturated heterocycles.